The number of hydrogen-bond donors (Lipinski definition) is 1. The molecule has 0 fully saturated rings. The van der Waals surface area contributed by atoms with Crippen LogP contribution in [0.25, 0.3) is 20.7 Å². The Balaban J connectivity index is 1.71. The fraction of sp³-hybridized carbons (Fsp3) is 0.176. The zero-order valence-corrected chi connectivity index (χ0v) is 14.2. The van der Waals surface area contributed by atoms with Gasteiger partial charge in [-0.2, -0.15) is 0 Å². The number of fused-ring (bicyclic) bond motifs is 1. The second-order valence-electron chi connectivity index (χ2n) is 5.58. The van der Waals surface area contributed by atoms with Gasteiger partial charge in [-0.25, -0.2) is 9.97 Å². The van der Waals surface area contributed by atoms with Crippen molar-refractivity contribution in [1.82, 2.24) is 24.7 Å². The summed E-state index contributed by atoms with van der Waals surface area (Å²) in [5.74, 6) is 1.68. The summed E-state index contributed by atoms with van der Waals surface area (Å²) in [5.41, 5.74) is 1.19. The molecule has 120 valence electrons. The van der Waals surface area contributed by atoms with E-state index >= 15 is 0 Å². The van der Waals surface area contributed by atoms with Crippen LogP contribution in [0.5, 0.6) is 0 Å². The minimum atomic E-state index is -0.00400. The van der Waals surface area contributed by atoms with Crippen molar-refractivity contribution in [2.45, 2.75) is 13.0 Å². The number of hydrogen-bond acceptors (Lipinski definition) is 6. The molecule has 6 nitrogen and oxygen atoms in total. The van der Waals surface area contributed by atoms with Crippen LogP contribution < -0.4 is 5.32 Å². The molecule has 24 heavy (non-hydrogen) atoms. The predicted octanol–water partition coefficient (Wildman–Crippen LogP) is 3.66. The molecule has 4 rings (SSSR count). The maximum atomic E-state index is 4.42. The van der Waals surface area contributed by atoms with Gasteiger partial charge in [0, 0.05) is 11.9 Å². The van der Waals surface area contributed by atoms with E-state index in [0.29, 0.717) is 0 Å². The van der Waals surface area contributed by atoms with Crippen LogP contribution in [0.3, 0.4) is 0 Å². The van der Waals surface area contributed by atoms with E-state index in [4.69, 9.17) is 0 Å². The molecule has 3 heterocycles. The monoisotopic (exact) mass is 336 g/mol. The highest BCUT2D eigenvalue weighted by molar-refractivity contribution is 7.21. The number of nitrogens with one attached hydrogen (secondary N) is 1. The molecular weight excluding hydrogens is 320 g/mol. The molecule has 0 aliphatic carbocycles. The Hall–Kier alpha value is -2.80. The van der Waals surface area contributed by atoms with E-state index in [0.717, 1.165) is 21.9 Å². The van der Waals surface area contributed by atoms with Crippen LogP contribution in [0.2, 0.25) is 0 Å². The van der Waals surface area contributed by atoms with Crippen LogP contribution in [0.1, 0.15) is 18.8 Å². The Morgan fingerprint density at radius 2 is 2.00 bits per heavy atom. The number of benzene rings is 1. The molecule has 0 saturated carbocycles. The van der Waals surface area contributed by atoms with Gasteiger partial charge in [-0.1, -0.05) is 30.3 Å². The topological polar surface area (TPSA) is 68.5 Å². The lowest BCUT2D eigenvalue weighted by molar-refractivity contribution is 0.717. The molecule has 3 aromatic heterocycles. The van der Waals surface area contributed by atoms with E-state index in [1.54, 1.807) is 24.0 Å². The summed E-state index contributed by atoms with van der Waals surface area (Å²) in [6.07, 6.45) is 3.29. The zero-order chi connectivity index (χ0) is 16.5. The number of nitrogens with zero attached hydrogens (tertiary/aromatic N) is 5. The average Bonchev–Trinajstić information content (AvgIpc) is 3.22. The van der Waals surface area contributed by atoms with E-state index in [2.05, 4.69) is 43.7 Å². The Labute approximate surface area is 143 Å². The lowest BCUT2D eigenvalue weighted by Crippen LogP contribution is -2.13. The van der Waals surface area contributed by atoms with Gasteiger partial charge in [0.25, 0.3) is 0 Å². The number of anilines is 1. The largest absolute Gasteiger partial charge is 0.360 e. The SMILES string of the molecule is CC(Nc1ncnc2sc(-c3ccccc3)cc12)c1nncn1C. The van der Waals surface area contributed by atoms with Crippen molar-refractivity contribution in [3.8, 4) is 10.4 Å². The number of aryl methyl sites for hydroxylation is 1. The van der Waals surface area contributed by atoms with Crippen LogP contribution in [-0.4, -0.2) is 24.7 Å². The van der Waals surface area contributed by atoms with Gasteiger partial charge in [0.1, 0.15) is 23.3 Å². The molecule has 1 N–H and O–H groups in total. The Bertz CT molecular complexity index is 975. The fourth-order valence-corrected chi connectivity index (χ4v) is 3.67. The van der Waals surface area contributed by atoms with Gasteiger partial charge in [0.05, 0.1) is 11.4 Å². The summed E-state index contributed by atoms with van der Waals surface area (Å²) in [4.78, 5) is 11.0. The van der Waals surface area contributed by atoms with E-state index in [1.165, 1.54) is 10.4 Å². The second-order valence-corrected chi connectivity index (χ2v) is 6.61. The normalized spacial score (nSPS) is 12.4. The summed E-state index contributed by atoms with van der Waals surface area (Å²) in [7, 11) is 1.93. The minimum Gasteiger partial charge on any atom is -0.360 e. The molecule has 0 spiro atoms. The van der Waals surface area contributed by atoms with Crippen molar-refractivity contribution in [3.05, 3.63) is 54.9 Å². The van der Waals surface area contributed by atoms with Crippen LogP contribution in [-0.2, 0) is 7.05 Å². The molecule has 0 radical (unpaired) electrons. The summed E-state index contributed by atoms with van der Waals surface area (Å²) >= 11 is 1.67. The standard InChI is InChI=1S/C17H16N6S/c1-11(16-22-20-10-23(16)2)21-15-13-8-14(12-6-4-3-5-7-12)24-17(13)19-9-18-15/h3-11H,1-2H3,(H,18,19,21). The number of aromatic nitrogens is 5. The lowest BCUT2D eigenvalue weighted by Gasteiger charge is -2.13. The third kappa shape index (κ3) is 2.63. The number of rotatable bonds is 4. The molecule has 0 bridgehead atoms. The first kappa shape index (κ1) is 14.8. The van der Waals surface area contributed by atoms with Crippen molar-refractivity contribution < 1.29 is 0 Å². The first-order valence-electron chi connectivity index (χ1n) is 7.63. The highest BCUT2D eigenvalue weighted by Crippen LogP contribution is 2.35. The molecule has 4 aromatic rings. The molecule has 1 aromatic carbocycles. The van der Waals surface area contributed by atoms with Crippen LogP contribution >= 0.6 is 11.3 Å². The van der Waals surface area contributed by atoms with E-state index in [9.17, 15) is 0 Å². The summed E-state index contributed by atoms with van der Waals surface area (Å²) in [6.45, 7) is 2.04. The van der Waals surface area contributed by atoms with Gasteiger partial charge in [0.2, 0.25) is 0 Å². The predicted molar refractivity (Wildman–Crippen MR) is 95.9 cm³/mol. The molecule has 1 unspecified atom stereocenters. The molecule has 0 amide bonds. The maximum Gasteiger partial charge on any atom is 0.154 e. The third-order valence-electron chi connectivity index (χ3n) is 3.87. The quantitative estimate of drug-likeness (QED) is 0.616. The number of thiophene rings is 1. The minimum absolute atomic E-state index is 0.00400. The molecule has 1 atom stereocenters. The smallest absolute Gasteiger partial charge is 0.154 e. The maximum absolute atomic E-state index is 4.42. The highest BCUT2D eigenvalue weighted by atomic mass is 32.1. The van der Waals surface area contributed by atoms with Gasteiger partial charge in [0.15, 0.2) is 5.82 Å². The highest BCUT2D eigenvalue weighted by Gasteiger charge is 2.15. The molecular formula is C17H16N6S. The molecule has 0 aliphatic rings. The summed E-state index contributed by atoms with van der Waals surface area (Å²) in [6, 6.07) is 12.4. The van der Waals surface area contributed by atoms with Crippen LogP contribution in [0.15, 0.2) is 49.1 Å². The third-order valence-corrected chi connectivity index (χ3v) is 4.97. The van der Waals surface area contributed by atoms with Gasteiger partial charge < -0.3 is 9.88 Å². The van der Waals surface area contributed by atoms with Gasteiger partial charge in [-0.15, -0.1) is 21.5 Å². The first-order valence-corrected chi connectivity index (χ1v) is 8.44. The van der Waals surface area contributed by atoms with Gasteiger partial charge in [-0.05, 0) is 18.6 Å². The Morgan fingerprint density at radius 1 is 1.17 bits per heavy atom. The Kier molecular flexibility index (Phi) is 3.70. The second kappa shape index (κ2) is 6.01. The summed E-state index contributed by atoms with van der Waals surface area (Å²) in [5, 5.41) is 12.5. The van der Waals surface area contributed by atoms with E-state index in [-0.39, 0.29) is 6.04 Å². The zero-order valence-electron chi connectivity index (χ0n) is 13.3. The fourth-order valence-electron chi connectivity index (χ4n) is 2.67. The van der Waals surface area contributed by atoms with Crippen LogP contribution in [0.4, 0.5) is 5.82 Å². The summed E-state index contributed by atoms with van der Waals surface area (Å²) < 4.78 is 1.90. The van der Waals surface area contributed by atoms with Crippen LogP contribution in [0, 0.1) is 0 Å². The molecule has 0 saturated heterocycles. The molecule has 7 heteroatoms. The average molecular weight is 336 g/mol. The van der Waals surface area contributed by atoms with Crippen molar-refractivity contribution >= 4 is 27.4 Å². The van der Waals surface area contributed by atoms with Crippen molar-refractivity contribution in [2.24, 2.45) is 7.05 Å². The van der Waals surface area contributed by atoms with Gasteiger partial charge >= 0.3 is 0 Å². The Morgan fingerprint density at radius 3 is 2.75 bits per heavy atom. The first-order chi connectivity index (χ1) is 11.7. The lowest BCUT2D eigenvalue weighted by atomic mass is 10.2. The van der Waals surface area contributed by atoms with Gasteiger partial charge in [-0.3, -0.25) is 0 Å². The van der Waals surface area contributed by atoms with Crippen molar-refractivity contribution in [3.63, 3.8) is 0 Å². The van der Waals surface area contributed by atoms with E-state index in [1.807, 2.05) is 36.7 Å². The van der Waals surface area contributed by atoms with E-state index < -0.39 is 0 Å². The van der Waals surface area contributed by atoms with Crippen molar-refractivity contribution in [1.29, 1.82) is 0 Å². The van der Waals surface area contributed by atoms with Crippen molar-refractivity contribution in [2.75, 3.05) is 5.32 Å². The molecule has 0 aliphatic heterocycles.